The van der Waals surface area contributed by atoms with E-state index in [4.69, 9.17) is 16.3 Å². The fraction of sp³-hybridized carbons (Fsp3) is 0.286. The molecule has 9 heteroatoms. The lowest BCUT2D eigenvalue weighted by molar-refractivity contribution is -0.116. The zero-order valence-electron chi connectivity index (χ0n) is 16.8. The van der Waals surface area contributed by atoms with Gasteiger partial charge in [-0.05, 0) is 56.2 Å². The lowest BCUT2D eigenvalue weighted by Crippen LogP contribution is -2.41. The van der Waals surface area contributed by atoms with Gasteiger partial charge in [-0.1, -0.05) is 41.6 Å². The Hall–Kier alpha value is -2.71. The van der Waals surface area contributed by atoms with Crippen LogP contribution in [-0.2, 0) is 4.79 Å². The molecule has 4 rings (SSSR count). The Morgan fingerprint density at radius 3 is 2.70 bits per heavy atom. The maximum absolute atomic E-state index is 13.2. The molecule has 1 aromatic heterocycles. The third-order valence-corrected chi connectivity index (χ3v) is 6.47. The number of carbonyl (C=O) groups is 1. The standard InChI is InChI=1S/C21H22ClN5O2S/c1-4-29-16-9-6-14(7-10-16)18-19(30-21-25-24-13(3)27(21)26-18)20(28)23-15-8-5-12(2)17(22)11-15/h5-11,18-19,26H,4H2,1-3H3,(H,23,28). The number of hydrogen-bond donors (Lipinski definition) is 2. The average Bonchev–Trinajstić information content (AvgIpc) is 3.11. The minimum absolute atomic E-state index is 0.141. The van der Waals surface area contributed by atoms with Gasteiger partial charge in [-0.3, -0.25) is 4.79 Å². The summed E-state index contributed by atoms with van der Waals surface area (Å²) in [5, 5.41) is 12.1. The molecule has 0 aliphatic carbocycles. The summed E-state index contributed by atoms with van der Waals surface area (Å²) < 4.78 is 7.36. The molecule has 0 saturated heterocycles. The molecule has 156 valence electrons. The molecule has 2 N–H and O–H groups in total. The Kier molecular flexibility index (Phi) is 5.87. The molecule has 2 atom stereocenters. The Labute approximate surface area is 184 Å². The van der Waals surface area contributed by atoms with Crippen LogP contribution in [0.2, 0.25) is 5.02 Å². The third kappa shape index (κ3) is 4.11. The van der Waals surface area contributed by atoms with Crippen LogP contribution in [-0.4, -0.2) is 32.6 Å². The van der Waals surface area contributed by atoms with Crippen molar-refractivity contribution in [3.05, 3.63) is 64.4 Å². The molecular weight excluding hydrogens is 422 g/mol. The SMILES string of the molecule is CCOc1ccc(C2Nn3c(C)nnc3SC2C(=O)Nc2ccc(C)c(Cl)c2)cc1. The van der Waals surface area contributed by atoms with E-state index in [9.17, 15) is 4.79 Å². The molecule has 1 amide bonds. The third-order valence-electron chi connectivity index (χ3n) is 4.85. The van der Waals surface area contributed by atoms with Crippen LogP contribution in [0.25, 0.3) is 0 Å². The van der Waals surface area contributed by atoms with Crippen LogP contribution < -0.4 is 15.5 Å². The molecule has 1 aliphatic heterocycles. The molecule has 1 aliphatic rings. The number of nitrogens with zero attached hydrogens (tertiary/aromatic N) is 3. The number of amides is 1. The molecule has 30 heavy (non-hydrogen) atoms. The summed E-state index contributed by atoms with van der Waals surface area (Å²) in [5.41, 5.74) is 5.97. The number of benzene rings is 2. The van der Waals surface area contributed by atoms with Crippen molar-refractivity contribution in [2.75, 3.05) is 17.3 Å². The number of nitrogens with one attached hydrogen (secondary N) is 2. The van der Waals surface area contributed by atoms with Crippen molar-refractivity contribution in [2.45, 2.75) is 37.2 Å². The highest BCUT2D eigenvalue weighted by atomic mass is 35.5. The summed E-state index contributed by atoms with van der Waals surface area (Å²) in [6, 6.07) is 13.0. The summed E-state index contributed by atoms with van der Waals surface area (Å²) in [6.45, 7) is 6.34. The molecule has 0 saturated carbocycles. The molecular formula is C21H22ClN5O2S. The number of halogens is 1. The first-order valence-electron chi connectivity index (χ1n) is 9.61. The molecule has 0 fully saturated rings. The zero-order valence-corrected chi connectivity index (χ0v) is 18.4. The minimum atomic E-state index is -0.459. The fourth-order valence-electron chi connectivity index (χ4n) is 3.23. The molecule has 2 aromatic carbocycles. The first-order chi connectivity index (χ1) is 14.5. The molecule has 2 unspecified atom stereocenters. The van der Waals surface area contributed by atoms with Crippen molar-refractivity contribution in [2.24, 2.45) is 0 Å². The number of hydrogen-bond acceptors (Lipinski definition) is 6. The van der Waals surface area contributed by atoms with E-state index in [2.05, 4.69) is 20.9 Å². The monoisotopic (exact) mass is 443 g/mol. The highest BCUT2D eigenvalue weighted by molar-refractivity contribution is 8.00. The fourth-order valence-corrected chi connectivity index (χ4v) is 4.54. The first-order valence-corrected chi connectivity index (χ1v) is 10.9. The average molecular weight is 444 g/mol. The first kappa shape index (κ1) is 20.6. The second-order valence-corrected chi connectivity index (χ2v) is 8.48. The van der Waals surface area contributed by atoms with Crippen LogP contribution in [0.4, 0.5) is 5.69 Å². The Bertz CT molecular complexity index is 1070. The van der Waals surface area contributed by atoms with Crippen molar-refractivity contribution < 1.29 is 9.53 Å². The van der Waals surface area contributed by atoms with Crippen LogP contribution >= 0.6 is 23.4 Å². The molecule has 3 aromatic rings. The van der Waals surface area contributed by atoms with Gasteiger partial charge in [0.25, 0.3) is 0 Å². The lowest BCUT2D eigenvalue weighted by atomic mass is 10.0. The lowest BCUT2D eigenvalue weighted by Gasteiger charge is -2.32. The molecule has 0 spiro atoms. The van der Waals surface area contributed by atoms with Crippen LogP contribution in [0.15, 0.2) is 47.6 Å². The normalized spacial score (nSPS) is 17.7. The number of rotatable bonds is 5. The Morgan fingerprint density at radius 1 is 1.23 bits per heavy atom. The number of aromatic nitrogens is 3. The van der Waals surface area contributed by atoms with Crippen LogP contribution in [0, 0.1) is 13.8 Å². The van der Waals surface area contributed by atoms with Gasteiger partial charge in [0.15, 0.2) is 0 Å². The second kappa shape index (κ2) is 8.57. The van der Waals surface area contributed by atoms with Gasteiger partial charge in [0.1, 0.15) is 16.8 Å². The maximum atomic E-state index is 13.2. The van der Waals surface area contributed by atoms with Gasteiger partial charge in [-0.2, -0.15) is 0 Å². The van der Waals surface area contributed by atoms with E-state index in [1.807, 2.05) is 61.8 Å². The van der Waals surface area contributed by atoms with Crippen molar-refractivity contribution in [3.63, 3.8) is 0 Å². The van der Waals surface area contributed by atoms with Gasteiger partial charge in [-0.15, -0.1) is 10.2 Å². The minimum Gasteiger partial charge on any atom is -0.494 e. The second-order valence-electron chi connectivity index (χ2n) is 6.97. The molecule has 0 bridgehead atoms. The highest BCUT2D eigenvalue weighted by Crippen LogP contribution is 2.38. The number of aryl methyl sites for hydroxylation is 2. The predicted octanol–water partition coefficient (Wildman–Crippen LogP) is 4.34. The van der Waals surface area contributed by atoms with E-state index in [0.717, 1.165) is 22.7 Å². The summed E-state index contributed by atoms with van der Waals surface area (Å²) >= 11 is 7.60. The Balaban J connectivity index is 1.63. The van der Waals surface area contributed by atoms with Gasteiger partial charge in [0.05, 0.1) is 12.6 Å². The van der Waals surface area contributed by atoms with Gasteiger partial charge in [0, 0.05) is 10.7 Å². The van der Waals surface area contributed by atoms with E-state index < -0.39 is 5.25 Å². The van der Waals surface area contributed by atoms with Gasteiger partial charge in [-0.25, -0.2) is 4.68 Å². The van der Waals surface area contributed by atoms with Crippen molar-refractivity contribution in [1.82, 2.24) is 14.9 Å². The summed E-state index contributed by atoms with van der Waals surface area (Å²) in [6.07, 6.45) is 0. The smallest absolute Gasteiger partial charge is 0.240 e. The summed E-state index contributed by atoms with van der Waals surface area (Å²) in [7, 11) is 0. The number of ether oxygens (including phenoxy) is 1. The number of anilines is 1. The zero-order chi connectivity index (χ0) is 21.3. The Morgan fingerprint density at radius 2 is 2.00 bits per heavy atom. The molecule has 7 nitrogen and oxygen atoms in total. The van der Waals surface area contributed by atoms with Gasteiger partial charge < -0.3 is 15.5 Å². The summed E-state index contributed by atoms with van der Waals surface area (Å²) in [4.78, 5) is 13.2. The topological polar surface area (TPSA) is 81.1 Å². The van der Waals surface area contributed by atoms with Crippen LogP contribution in [0.5, 0.6) is 5.75 Å². The van der Waals surface area contributed by atoms with E-state index in [1.165, 1.54) is 11.8 Å². The summed E-state index contributed by atoms with van der Waals surface area (Å²) in [5.74, 6) is 1.39. The molecule has 2 heterocycles. The number of fused-ring (bicyclic) bond motifs is 1. The highest BCUT2D eigenvalue weighted by Gasteiger charge is 2.37. The van der Waals surface area contributed by atoms with Gasteiger partial charge >= 0.3 is 0 Å². The van der Waals surface area contributed by atoms with Crippen molar-refractivity contribution in [1.29, 1.82) is 0 Å². The van der Waals surface area contributed by atoms with Crippen LogP contribution in [0.1, 0.15) is 29.9 Å². The van der Waals surface area contributed by atoms with Gasteiger partial charge in [0.2, 0.25) is 11.1 Å². The van der Waals surface area contributed by atoms with Crippen LogP contribution in [0.3, 0.4) is 0 Å². The van der Waals surface area contributed by atoms with Crippen molar-refractivity contribution >= 4 is 35.0 Å². The van der Waals surface area contributed by atoms with E-state index >= 15 is 0 Å². The quantitative estimate of drug-likeness (QED) is 0.610. The van der Waals surface area contributed by atoms with E-state index in [1.54, 1.807) is 6.07 Å². The molecule has 0 radical (unpaired) electrons. The largest absolute Gasteiger partial charge is 0.494 e. The predicted molar refractivity (Wildman–Crippen MR) is 119 cm³/mol. The maximum Gasteiger partial charge on any atom is 0.240 e. The number of carbonyl (C=O) groups excluding carboxylic acids is 1. The number of thioether (sulfide) groups is 1. The van der Waals surface area contributed by atoms with Crippen molar-refractivity contribution in [3.8, 4) is 5.75 Å². The van der Waals surface area contributed by atoms with E-state index in [0.29, 0.717) is 22.5 Å². The van der Waals surface area contributed by atoms with E-state index in [-0.39, 0.29) is 11.9 Å².